The third-order valence-electron chi connectivity index (χ3n) is 4.38. The molecule has 2 aromatic rings. The topological polar surface area (TPSA) is 20.2 Å². The lowest BCUT2D eigenvalue weighted by Gasteiger charge is -2.22. The minimum atomic E-state index is 0.298. The van der Waals surface area contributed by atoms with E-state index in [2.05, 4.69) is 45.0 Å². The van der Waals surface area contributed by atoms with Crippen LogP contribution in [-0.2, 0) is 0 Å². The van der Waals surface area contributed by atoms with Crippen LogP contribution in [0.4, 0.5) is 0 Å². The van der Waals surface area contributed by atoms with Crippen LogP contribution in [0.3, 0.4) is 0 Å². The zero-order chi connectivity index (χ0) is 14.2. The van der Waals surface area contributed by atoms with Crippen LogP contribution in [0.5, 0.6) is 5.75 Å². The second kappa shape index (κ2) is 5.08. The van der Waals surface area contributed by atoms with Gasteiger partial charge in [-0.2, -0.15) is 0 Å². The maximum absolute atomic E-state index is 10.3. The molecule has 1 unspecified atom stereocenters. The molecule has 0 aliphatic rings. The Hall–Kier alpha value is -1.76. The molecule has 100 valence electrons. The highest BCUT2D eigenvalue weighted by Gasteiger charge is 2.19. The van der Waals surface area contributed by atoms with Gasteiger partial charge in [0, 0.05) is 5.92 Å². The summed E-state index contributed by atoms with van der Waals surface area (Å²) in [5.41, 5.74) is 7.05. The Labute approximate surface area is 115 Å². The molecule has 2 aromatic carbocycles. The highest BCUT2D eigenvalue weighted by atomic mass is 16.3. The largest absolute Gasteiger partial charge is 0.507 e. The second-order valence-corrected chi connectivity index (χ2v) is 5.39. The van der Waals surface area contributed by atoms with E-state index in [1.165, 1.54) is 22.3 Å². The SMILES string of the molecule is Cc1c(C)c(O)c(C)c(C(C)c2ccccc2)c1C. The average Bonchev–Trinajstić information content (AvgIpc) is 2.44. The fourth-order valence-electron chi connectivity index (χ4n) is 2.91. The monoisotopic (exact) mass is 254 g/mol. The van der Waals surface area contributed by atoms with Gasteiger partial charge in [-0.1, -0.05) is 37.3 Å². The van der Waals surface area contributed by atoms with E-state index in [4.69, 9.17) is 0 Å². The molecule has 0 spiro atoms. The number of benzene rings is 2. The van der Waals surface area contributed by atoms with Crippen LogP contribution in [0, 0.1) is 27.7 Å². The van der Waals surface area contributed by atoms with E-state index >= 15 is 0 Å². The summed E-state index contributed by atoms with van der Waals surface area (Å²) in [5.74, 6) is 0.743. The first-order valence-electron chi connectivity index (χ1n) is 6.79. The predicted molar refractivity (Wildman–Crippen MR) is 81.0 cm³/mol. The Bertz CT molecular complexity index is 568. The Morgan fingerprint density at radius 2 is 1.37 bits per heavy atom. The van der Waals surface area contributed by atoms with Gasteiger partial charge in [-0.05, 0) is 61.1 Å². The molecule has 19 heavy (non-hydrogen) atoms. The van der Waals surface area contributed by atoms with Gasteiger partial charge in [0.15, 0.2) is 0 Å². The van der Waals surface area contributed by atoms with Gasteiger partial charge in [0.2, 0.25) is 0 Å². The maximum atomic E-state index is 10.3. The molecular formula is C18H22O. The molecule has 0 fully saturated rings. The number of hydrogen-bond donors (Lipinski definition) is 1. The summed E-state index contributed by atoms with van der Waals surface area (Å²) < 4.78 is 0. The molecule has 0 saturated carbocycles. The van der Waals surface area contributed by atoms with Crippen LogP contribution < -0.4 is 0 Å². The van der Waals surface area contributed by atoms with E-state index in [0.717, 1.165) is 11.1 Å². The first-order valence-corrected chi connectivity index (χ1v) is 6.79. The Morgan fingerprint density at radius 1 is 0.789 bits per heavy atom. The molecule has 0 heterocycles. The summed E-state index contributed by atoms with van der Waals surface area (Å²) in [7, 11) is 0. The van der Waals surface area contributed by atoms with Crippen molar-refractivity contribution < 1.29 is 5.11 Å². The highest BCUT2D eigenvalue weighted by molar-refractivity contribution is 5.56. The molecule has 1 heteroatoms. The average molecular weight is 254 g/mol. The van der Waals surface area contributed by atoms with E-state index < -0.39 is 0 Å². The minimum Gasteiger partial charge on any atom is -0.507 e. The van der Waals surface area contributed by atoms with Crippen molar-refractivity contribution in [3.8, 4) is 5.75 Å². The lowest BCUT2D eigenvalue weighted by atomic mass is 9.83. The van der Waals surface area contributed by atoms with Gasteiger partial charge in [-0.3, -0.25) is 0 Å². The molecule has 0 aliphatic heterocycles. The normalized spacial score (nSPS) is 12.5. The molecule has 0 radical (unpaired) electrons. The van der Waals surface area contributed by atoms with Crippen LogP contribution in [0.1, 0.15) is 46.2 Å². The maximum Gasteiger partial charge on any atom is 0.121 e. The van der Waals surface area contributed by atoms with Crippen molar-refractivity contribution in [2.75, 3.05) is 0 Å². The van der Waals surface area contributed by atoms with E-state index in [1.807, 2.05) is 19.9 Å². The number of hydrogen-bond acceptors (Lipinski definition) is 1. The lowest BCUT2D eigenvalue weighted by molar-refractivity contribution is 0.464. The summed E-state index contributed by atoms with van der Waals surface area (Å²) in [5, 5.41) is 10.3. The van der Waals surface area contributed by atoms with E-state index in [9.17, 15) is 5.11 Å². The van der Waals surface area contributed by atoms with Gasteiger partial charge in [-0.25, -0.2) is 0 Å². The summed E-state index contributed by atoms with van der Waals surface area (Å²) in [4.78, 5) is 0. The molecule has 0 amide bonds. The van der Waals surface area contributed by atoms with Crippen molar-refractivity contribution in [3.05, 3.63) is 63.7 Å². The highest BCUT2D eigenvalue weighted by Crippen LogP contribution is 2.37. The van der Waals surface area contributed by atoms with Crippen molar-refractivity contribution >= 4 is 0 Å². The first kappa shape index (κ1) is 13.7. The van der Waals surface area contributed by atoms with Gasteiger partial charge in [0.05, 0.1) is 0 Å². The van der Waals surface area contributed by atoms with Gasteiger partial charge < -0.3 is 5.11 Å². The fourth-order valence-corrected chi connectivity index (χ4v) is 2.91. The Balaban J connectivity index is 2.64. The van der Waals surface area contributed by atoms with Crippen molar-refractivity contribution in [3.63, 3.8) is 0 Å². The lowest BCUT2D eigenvalue weighted by Crippen LogP contribution is -2.05. The van der Waals surface area contributed by atoms with E-state index in [1.54, 1.807) is 0 Å². The van der Waals surface area contributed by atoms with Crippen molar-refractivity contribution in [2.24, 2.45) is 0 Å². The smallest absolute Gasteiger partial charge is 0.121 e. The standard InChI is InChI=1S/C18H22O/c1-11-12(2)17(15(5)18(19)13(11)3)14(4)16-9-7-6-8-10-16/h6-10,14,19H,1-5H3. The number of phenols is 1. The van der Waals surface area contributed by atoms with Crippen LogP contribution in [0.2, 0.25) is 0 Å². The van der Waals surface area contributed by atoms with Crippen LogP contribution in [0.15, 0.2) is 30.3 Å². The van der Waals surface area contributed by atoms with Crippen LogP contribution in [0.25, 0.3) is 0 Å². The quantitative estimate of drug-likeness (QED) is 0.818. The summed E-state index contributed by atoms with van der Waals surface area (Å²) in [6.07, 6.45) is 0. The third-order valence-corrected chi connectivity index (χ3v) is 4.38. The zero-order valence-corrected chi connectivity index (χ0v) is 12.4. The molecule has 0 aromatic heterocycles. The first-order chi connectivity index (χ1) is 8.95. The van der Waals surface area contributed by atoms with E-state index in [-0.39, 0.29) is 0 Å². The molecule has 1 N–H and O–H groups in total. The molecule has 0 aliphatic carbocycles. The summed E-state index contributed by atoms with van der Waals surface area (Å²) in [6.45, 7) is 10.5. The Morgan fingerprint density at radius 3 is 1.95 bits per heavy atom. The molecule has 0 saturated heterocycles. The van der Waals surface area contributed by atoms with E-state index in [0.29, 0.717) is 11.7 Å². The molecule has 1 nitrogen and oxygen atoms in total. The second-order valence-electron chi connectivity index (χ2n) is 5.39. The third kappa shape index (κ3) is 2.25. The van der Waals surface area contributed by atoms with Gasteiger partial charge >= 0.3 is 0 Å². The van der Waals surface area contributed by atoms with Crippen LogP contribution >= 0.6 is 0 Å². The van der Waals surface area contributed by atoms with Gasteiger partial charge in [0.1, 0.15) is 5.75 Å². The molecule has 1 atom stereocenters. The summed E-state index contributed by atoms with van der Waals surface area (Å²) >= 11 is 0. The van der Waals surface area contributed by atoms with Gasteiger partial charge in [0.25, 0.3) is 0 Å². The van der Waals surface area contributed by atoms with Gasteiger partial charge in [-0.15, -0.1) is 0 Å². The Kier molecular flexibility index (Phi) is 3.66. The summed E-state index contributed by atoms with van der Waals surface area (Å²) in [6, 6.07) is 10.5. The van der Waals surface area contributed by atoms with Crippen molar-refractivity contribution in [2.45, 2.75) is 40.5 Å². The molecular weight excluding hydrogens is 232 g/mol. The minimum absolute atomic E-state index is 0.298. The fraction of sp³-hybridized carbons (Fsp3) is 0.333. The van der Waals surface area contributed by atoms with Crippen molar-refractivity contribution in [1.82, 2.24) is 0 Å². The predicted octanol–water partition coefficient (Wildman–Crippen LogP) is 4.78. The zero-order valence-electron chi connectivity index (χ0n) is 12.4. The molecule has 0 bridgehead atoms. The van der Waals surface area contributed by atoms with Crippen LogP contribution in [-0.4, -0.2) is 5.11 Å². The van der Waals surface area contributed by atoms with Crippen molar-refractivity contribution in [1.29, 1.82) is 0 Å². The number of rotatable bonds is 2. The number of aromatic hydroxyl groups is 1. The molecule has 2 rings (SSSR count). The number of phenolic OH excluding ortho intramolecular Hbond substituents is 1.